The van der Waals surface area contributed by atoms with Crippen molar-refractivity contribution in [2.45, 2.75) is 6.92 Å². The molecule has 0 saturated heterocycles. The molecule has 0 fully saturated rings. The van der Waals surface area contributed by atoms with Crippen molar-refractivity contribution in [1.29, 1.82) is 0 Å². The largest absolute Gasteiger partial charge is 0.494 e. The summed E-state index contributed by atoms with van der Waals surface area (Å²) in [5, 5.41) is 2.87. The van der Waals surface area contributed by atoms with Gasteiger partial charge < -0.3 is 14.8 Å². The van der Waals surface area contributed by atoms with Crippen molar-refractivity contribution >= 4 is 11.6 Å². The van der Waals surface area contributed by atoms with Gasteiger partial charge in [-0.15, -0.1) is 0 Å². The first kappa shape index (κ1) is 16.6. The van der Waals surface area contributed by atoms with Crippen molar-refractivity contribution in [1.82, 2.24) is 0 Å². The van der Waals surface area contributed by atoms with Gasteiger partial charge in [-0.3, -0.25) is 4.79 Å². The average Bonchev–Trinajstić information content (AvgIpc) is 2.65. The summed E-state index contributed by atoms with van der Waals surface area (Å²) >= 11 is 0. The van der Waals surface area contributed by atoms with Gasteiger partial charge in [0.1, 0.15) is 17.2 Å². The maximum Gasteiger partial charge on any atom is 0.255 e. The van der Waals surface area contributed by atoms with Crippen LogP contribution in [-0.2, 0) is 0 Å². The van der Waals surface area contributed by atoms with Gasteiger partial charge in [0.15, 0.2) is 0 Å². The van der Waals surface area contributed by atoms with Gasteiger partial charge in [-0.2, -0.15) is 0 Å². The van der Waals surface area contributed by atoms with Crippen molar-refractivity contribution in [2.24, 2.45) is 0 Å². The van der Waals surface area contributed by atoms with E-state index in [1.807, 2.05) is 67.6 Å². The molecule has 126 valence electrons. The van der Waals surface area contributed by atoms with Crippen LogP contribution in [0.1, 0.15) is 17.3 Å². The van der Waals surface area contributed by atoms with Crippen LogP contribution in [0.5, 0.6) is 17.2 Å². The van der Waals surface area contributed by atoms with Crippen LogP contribution in [0.3, 0.4) is 0 Å². The van der Waals surface area contributed by atoms with E-state index in [0.717, 1.165) is 11.5 Å². The molecule has 0 unspecified atom stereocenters. The smallest absolute Gasteiger partial charge is 0.255 e. The van der Waals surface area contributed by atoms with Crippen LogP contribution in [0.15, 0.2) is 78.9 Å². The Morgan fingerprint density at radius 2 is 1.56 bits per heavy atom. The van der Waals surface area contributed by atoms with E-state index in [-0.39, 0.29) is 5.91 Å². The summed E-state index contributed by atoms with van der Waals surface area (Å²) in [6.07, 6.45) is 0. The predicted molar refractivity (Wildman–Crippen MR) is 98.5 cm³/mol. The molecule has 1 N–H and O–H groups in total. The first-order valence-electron chi connectivity index (χ1n) is 8.12. The third-order valence-electron chi connectivity index (χ3n) is 3.50. The summed E-state index contributed by atoms with van der Waals surface area (Å²) < 4.78 is 11.2. The Kier molecular flexibility index (Phi) is 5.32. The average molecular weight is 333 g/mol. The predicted octanol–water partition coefficient (Wildman–Crippen LogP) is 5.13. The van der Waals surface area contributed by atoms with E-state index in [4.69, 9.17) is 9.47 Å². The number of rotatable bonds is 6. The molecule has 0 aliphatic heterocycles. The minimum atomic E-state index is -0.192. The van der Waals surface area contributed by atoms with Crippen LogP contribution >= 0.6 is 0 Å². The molecule has 4 heteroatoms. The number of carbonyl (C=O) groups excluding carboxylic acids is 1. The second-order valence-corrected chi connectivity index (χ2v) is 5.35. The summed E-state index contributed by atoms with van der Waals surface area (Å²) in [6, 6.07) is 23.8. The molecule has 0 atom stereocenters. The van der Waals surface area contributed by atoms with Gasteiger partial charge in [0, 0.05) is 11.3 Å². The number of nitrogens with one attached hydrogen (secondary N) is 1. The summed E-state index contributed by atoms with van der Waals surface area (Å²) in [4.78, 5) is 12.4. The molecule has 3 aromatic carbocycles. The Morgan fingerprint density at radius 3 is 2.28 bits per heavy atom. The lowest BCUT2D eigenvalue weighted by Gasteiger charge is -2.09. The number of para-hydroxylation sites is 1. The highest BCUT2D eigenvalue weighted by atomic mass is 16.5. The molecule has 1 amide bonds. The van der Waals surface area contributed by atoms with Crippen molar-refractivity contribution in [3.8, 4) is 17.2 Å². The van der Waals surface area contributed by atoms with Crippen LogP contribution in [-0.4, -0.2) is 12.5 Å². The molecule has 4 nitrogen and oxygen atoms in total. The molecule has 25 heavy (non-hydrogen) atoms. The SMILES string of the molecule is CCOc1ccc(NC(=O)c2cccc(Oc3ccccc3)c2)cc1. The van der Waals surface area contributed by atoms with E-state index in [1.165, 1.54) is 0 Å². The Bertz CT molecular complexity index is 829. The summed E-state index contributed by atoms with van der Waals surface area (Å²) in [6.45, 7) is 2.54. The molecule has 0 aromatic heterocycles. The zero-order valence-corrected chi connectivity index (χ0v) is 13.9. The fourth-order valence-electron chi connectivity index (χ4n) is 2.33. The van der Waals surface area contributed by atoms with Gasteiger partial charge in [0.2, 0.25) is 0 Å². The van der Waals surface area contributed by atoms with E-state index < -0.39 is 0 Å². The lowest BCUT2D eigenvalue weighted by atomic mass is 10.2. The first-order valence-corrected chi connectivity index (χ1v) is 8.12. The van der Waals surface area contributed by atoms with Crippen molar-refractivity contribution in [2.75, 3.05) is 11.9 Å². The fraction of sp³-hybridized carbons (Fsp3) is 0.0952. The fourth-order valence-corrected chi connectivity index (χ4v) is 2.33. The molecule has 0 spiro atoms. The monoisotopic (exact) mass is 333 g/mol. The zero-order valence-electron chi connectivity index (χ0n) is 13.9. The normalized spacial score (nSPS) is 10.1. The molecule has 0 heterocycles. The molecular formula is C21H19NO3. The highest BCUT2D eigenvalue weighted by Gasteiger charge is 2.08. The van der Waals surface area contributed by atoms with Gasteiger partial charge in [0.05, 0.1) is 6.61 Å². The summed E-state index contributed by atoms with van der Waals surface area (Å²) in [5.41, 5.74) is 1.24. The molecule has 0 saturated carbocycles. The zero-order chi connectivity index (χ0) is 17.5. The minimum Gasteiger partial charge on any atom is -0.494 e. The Hall–Kier alpha value is -3.27. The molecule has 0 aliphatic carbocycles. The van der Waals surface area contributed by atoms with Crippen molar-refractivity contribution in [3.63, 3.8) is 0 Å². The third kappa shape index (κ3) is 4.61. The van der Waals surface area contributed by atoms with E-state index in [0.29, 0.717) is 23.6 Å². The van der Waals surface area contributed by atoms with Crippen LogP contribution in [0.25, 0.3) is 0 Å². The molecule has 3 rings (SSSR count). The number of anilines is 1. The van der Waals surface area contributed by atoms with E-state index in [9.17, 15) is 4.79 Å². The maximum absolute atomic E-state index is 12.4. The number of hydrogen-bond acceptors (Lipinski definition) is 3. The molecule has 0 bridgehead atoms. The highest BCUT2D eigenvalue weighted by Crippen LogP contribution is 2.22. The van der Waals surface area contributed by atoms with Gasteiger partial charge in [-0.25, -0.2) is 0 Å². The Labute approximate surface area is 147 Å². The van der Waals surface area contributed by atoms with Gasteiger partial charge in [-0.05, 0) is 61.5 Å². The maximum atomic E-state index is 12.4. The molecule has 0 radical (unpaired) electrons. The van der Waals surface area contributed by atoms with Crippen LogP contribution in [0.2, 0.25) is 0 Å². The van der Waals surface area contributed by atoms with Gasteiger partial charge in [0.25, 0.3) is 5.91 Å². The number of benzene rings is 3. The van der Waals surface area contributed by atoms with Gasteiger partial charge in [-0.1, -0.05) is 24.3 Å². The molecule has 3 aromatic rings. The lowest BCUT2D eigenvalue weighted by Crippen LogP contribution is -2.11. The standard InChI is InChI=1S/C21H19NO3/c1-2-24-18-13-11-17(12-14-18)22-21(23)16-7-6-10-20(15-16)25-19-8-4-3-5-9-19/h3-15H,2H2,1H3,(H,22,23). The molecular weight excluding hydrogens is 314 g/mol. The van der Waals surface area contributed by atoms with Crippen molar-refractivity contribution < 1.29 is 14.3 Å². The summed E-state index contributed by atoms with van der Waals surface area (Å²) in [5.74, 6) is 1.93. The quantitative estimate of drug-likeness (QED) is 0.680. The number of hydrogen-bond donors (Lipinski definition) is 1. The molecule has 0 aliphatic rings. The number of carbonyl (C=O) groups is 1. The topological polar surface area (TPSA) is 47.6 Å². The first-order chi connectivity index (χ1) is 12.2. The lowest BCUT2D eigenvalue weighted by molar-refractivity contribution is 0.102. The van der Waals surface area contributed by atoms with Crippen LogP contribution in [0.4, 0.5) is 5.69 Å². The highest BCUT2D eigenvalue weighted by molar-refractivity contribution is 6.04. The van der Waals surface area contributed by atoms with E-state index in [2.05, 4.69) is 5.32 Å². The number of ether oxygens (including phenoxy) is 2. The second kappa shape index (κ2) is 8.02. The van der Waals surface area contributed by atoms with Gasteiger partial charge >= 0.3 is 0 Å². The van der Waals surface area contributed by atoms with Crippen LogP contribution in [0, 0.1) is 0 Å². The number of amides is 1. The second-order valence-electron chi connectivity index (χ2n) is 5.35. The minimum absolute atomic E-state index is 0.192. The Morgan fingerprint density at radius 1 is 0.840 bits per heavy atom. The van der Waals surface area contributed by atoms with Crippen LogP contribution < -0.4 is 14.8 Å². The third-order valence-corrected chi connectivity index (χ3v) is 3.50. The van der Waals surface area contributed by atoms with Crippen molar-refractivity contribution in [3.05, 3.63) is 84.4 Å². The van der Waals surface area contributed by atoms with E-state index in [1.54, 1.807) is 18.2 Å². The summed E-state index contributed by atoms with van der Waals surface area (Å²) in [7, 11) is 0. The van der Waals surface area contributed by atoms with E-state index >= 15 is 0 Å². The Balaban J connectivity index is 1.68.